The Bertz CT molecular complexity index is 785. The van der Waals surface area contributed by atoms with Crippen LogP contribution in [0.4, 0.5) is 21.9 Å². The number of hydrogen-bond acceptors (Lipinski definition) is 4. The van der Waals surface area contributed by atoms with Crippen molar-refractivity contribution in [1.82, 2.24) is 5.32 Å². The Labute approximate surface area is 154 Å². The molecular weight excluding hydrogens is 328 g/mol. The van der Waals surface area contributed by atoms with Crippen molar-refractivity contribution in [2.75, 3.05) is 48.8 Å². The van der Waals surface area contributed by atoms with Gasteiger partial charge in [0.2, 0.25) is 0 Å². The van der Waals surface area contributed by atoms with Crippen LogP contribution in [0.2, 0.25) is 0 Å². The van der Waals surface area contributed by atoms with Crippen LogP contribution in [0.1, 0.15) is 11.1 Å². The van der Waals surface area contributed by atoms with Gasteiger partial charge in [-0.25, -0.2) is 4.79 Å². The van der Waals surface area contributed by atoms with Gasteiger partial charge in [-0.15, -0.1) is 0 Å². The fourth-order valence-electron chi connectivity index (χ4n) is 3.20. The number of anilines is 3. The predicted molar refractivity (Wildman–Crippen MR) is 107 cm³/mol. The van der Waals surface area contributed by atoms with E-state index in [1.807, 2.05) is 37.3 Å². The van der Waals surface area contributed by atoms with E-state index in [9.17, 15) is 4.79 Å². The van der Waals surface area contributed by atoms with Gasteiger partial charge in [0.25, 0.3) is 0 Å². The molecule has 0 aliphatic carbocycles. The van der Waals surface area contributed by atoms with Gasteiger partial charge in [-0.2, -0.15) is 0 Å². The fourth-order valence-corrected chi connectivity index (χ4v) is 3.20. The highest BCUT2D eigenvalue weighted by atomic mass is 16.5. The number of aryl methyl sites for hydroxylation is 2. The van der Waals surface area contributed by atoms with Crippen LogP contribution in [0.25, 0.3) is 0 Å². The number of benzene rings is 2. The van der Waals surface area contributed by atoms with Crippen molar-refractivity contribution < 1.29 is 9.53 Å². The van der Waals surface area contributed by atoms with E-state index >= 15 is 0 Å². The highest BCUT2D eigenvalue weighted by molar-refractivity contribution is 6.00. The normalized spacial score (nSPS) is 14.0. The third-order valence-electron chi connectivity index (χ3n) is 4.52. The van der Waals surface area contributed by atoms with Crippen molar-refractivity contribution >= 4 is 23.1 Å². The topological polar surface area (TPSA) is 65.6 Å². The quantitative estimate of drug-likeness (QED) is 0.788. The SMILES string of the molecule is COc1ccc(C)cc1NC(=O)Nc1ccc(N2CCNCC2)c(C)c1. The molecule has 2 amide bonds. The maximum Gasteiger partial charge on any atom is 0.323 e. The maximum atomic E-state index is 12.4. The number of piperazine rings is 1. The number of carbonyl (C=O) groups excluding carboxylic acids is 1. The van der Waals surface area contributed by atoms with Gasteiger partial charge in [0.05, 0.1) is 12.8 Å². The molecule has 0 spiro atoms. The van der Waals surface area contributed by atoms with Gasteiger partial charge in [0.15, 0.2) is 0 Å². The van der Waals surface area contributed by atoms with Crippen LogP contribution in [-0.4, -0.2) is 39.3 Å². The van der Waals surface area contributed by atoms with E-state index in [1.54, 1.807) is 7.11 Å². The number of ether oxygens (including phenoxy) is 1. The summed E-state index contributed by atoms with van der Waals surface area (Å²) in [4.78, 5) is 14.7. The molecule has 26 heavy (non-hydrogen) atoms. The van der Waals surface area contributed by atoms with Crippen LogP contribution < -0.4 is 25.6 Å². The molecule has 3 N–H and O–H groups in total. The van der Waals surface area contributed by atoms with Crippen molar-refractivity contribution in [3.05, 3.63) is 47.5 Å². The summed E-state index contributed by atoms with van der Waals surface area (Å²) < 4.78 is 5.30. The summed E-state index contributed by atoms with van der Waals surface area (Å²) in [5, 5.41) is 9.11. The van der Waals surface area contributed by atoms with Gasteiger partial charge in [-0.3, -0.25) is 0 Å². The van der Waals surface area contributed by atoms with Crippen LogP contribution in [0.3, 0.4) is 0 Å². The molecule has 138 valence electrons. The number of nitrogens with one attached hydrogen (secondary N) is 3. The number of carbonyl (C=O) groups is 1. The Morgan fingerprint density at radius 2 is 1.85 bits per heavy atom. The number of amides is 2. The van der Waals surface area contributed by atoms with Gasteiger partial charge in [0.1, 0.15) is 5.75 Å². The highest BCUT2D eigenvalue weighted by Gasteiger charge is 2.13. The average Bonchev–Trinajstić information content (AvgIpc) is 2.62. The number of hydrogen-bond donors (Lipinski definition) is 3. The first-order chi connectivity index (χ1) is 12.6. The lowest BCUT2D eigenvalue weighted by atomic mass is 10.1. The van der Waals surface area contributed by atoms with Gasteiger partial charge < -0.3 is 25.6 Å². The maximum absolute atomic E-state index is 12.4. The second-order valence-electron chi connectivity index (χ2n) is 6.52. The second kappa shape index (κ2) is 8.10. The largest absolute Gasteiger partial charge is 0.495 e. The molecule has 0 bridgehead atoms. The monoisotopic (exact) mass is 354 g/mol. The van der Waals surface area contributed by atoms with Crippen LogP contribution in [0.5, 0.6) is 5.75 Å². The zero-order valence-corrected chi connectivity index (χ0v) is 15.6. The zero-order valence-electron chi connectivity index (χ0n) is 15.6. The molecule has 0 saturated carbocycles. The Morgan fingerprint density at radius 1 is 1.08 bits per heavy atom. The summed E-state index contributed by atoms with van der Waals surface area (Å²) in [7, 11) is 1.59. The van der Waals surface area contributed by atoms with Crippen LogP contribution in [0.15, 0.2) is 36.4 Å². The lowest BCUT2D eigenvalue weighted by molar-refractivity contribution is 0.262. The number of urea groups is 1. The van der Waals surface area contributed by atoms with Crippen LogP contribution >= 0.6 is 0 Å². The standard InChI is InChI=1S/C20H26N4O2/c1-14-4-7-19(26-3)17(12-14)23-20(25)22-16-5-6-18(15(2)13-16)24-10-8-21-9-11-24/h4-7,12-13,21H,8-11H2,1-3H3,(H2,22,23,25). The molecule has 0 aromatic heterocycles. The lowest BCUT2D eigenvalue weighted by Gasteiger charge is -2.30. The summed E-state index contributed by atoms with van der Waals surface area (Å²) >= 11 is 0. The Morgan fingerprint density at radius 3 is 2.54 bits per heavy atom. The third-order valence-corrected chi connectivity index (χ3v) is 4.52. The smallest absolute Gasteiger partial charge is 0.323 e. The van der Waals surface area contributed by atoms with Crippen molar-refractivity contribution in [3.63, 3.8) is 0 Å². The summed E-state index contributed by atoms with van der Waals surface area (Å²) in [5.41, 5.74) is 4.85. The minimum absolute atomic E-state index is 0.289. The van der Waals surface area contributed by atoms with E-state index in [4.69, 9.17) is 4.74 Å². The first-order valence-corrected chi connectivity index (χ1v) is 8.86. The first-order valence-electron chi connectivity index (χ1n) is 8.86. The molecule has 6 heteroatoms. The summed E-state index contributed by atoms with van der Waals surface area (Å²) in [6.45, 7) is 8.05. The molecule has 1 saturated heterocycles. The molecule has 0 unspecified atom stereocenters. The molecule has 6 nitrogen and oxygen atoms in total. The van der Waals surface area contributed by atoms with Crippen LogP contribution in [-0.2, 0) is 0 Å². The van der Waals surface area contributed by atoms with E-state index in [1.165, 1.54) is 5.69 Å². The van der Waals surface area contributed by atoms with E-state index in [0.29, 0.717) is 11.4 Å². The first kappa shape index (κ1) is 18.1. The Balaban J connectivity index is 1.68. The zero-order chi connectivity index (χ0) is 18.5. The fraction of sp³-hybridized carbons (Fsp3) is 0.350. The molecule has 0 radical (unpaired) electrons. The molecule has 2 aromatic carbocycles. The summed E-state index contributed by atoms with van der Waals surface area (Å²) in [5.74, 6) is 0.635. The summed E-state index contributed by atoms with van der Waals surface area (Å²) in [6, 6.07) is 11.4. The van der Waals surface area contributed by atoms with E-state index in [-0.39, 0.29) is 6.03 Å². The van der Waals surface area contributed by atoms with E-state index in [0.717, 1.165) is 43.0 Å². The van der Waals surface area contributed by atoms with Gasteiger partial charge in [-0.1, -0.05) is 6.07 Å². The van der Waals surface area contributed by atoms with Gasteiger partial charge in [0, 0.05) is 37.6 Å². The molecular formula is C20H26N4O2. The van der Waals surface area contributed by atoms with Gasteiger partial charge >= 0.3 is 6.03 Å². The molecule has 1 aliphatic rings. The average molecular weight is 354 g/mol. The van der Waals surface area contributed by atoms with Crippen molar-refractivity contribution in [2.45, 2.75) is 13.8 Å². The highest BCUT2D eigenvalue weighted by Crippen LogP contribution is 2.26. The van der Waals surface area contributed by atoms with Crippen molar-refractivity contribution in [3.8, 4) is 5.75 Å². The number of methoxy groups -OCH3 is 1. The number of nitrogens with zero attached hydrogens (tertiary/aromatic N) is 1. The van der Waals surface area contributed by atoms with Crippen LogP contribution in [0, 0.1) is 13.8 Å². The Kier molecular flexibility index (Phi) is 5.63. The second-order valence-corrected chi connectivity index (χ2v) is 6.52. The van der Waals surface area contributed by atoms with E-state index < -0.39 is 0 Å². The molecule has 1 fully saturated rings. The van der Waals surface area contributed by atoms with Gasteiger partial charge in [-0.05, 0) is 55.3 Å². The van der Waals surface area contributed by atoms with Crippen molar-refractivity contribution in [2.24, 2.45) is 0 Å². The summed E-state index contributed by atoms with van der Waals surface area (Å²) in [6.07, 6.45) is 0. The minimum Gasteiger partial charge on any atom is -0.495 e. The predicted octanol–water partition coefficient (Wildman–Crippen LogP) is 3.37. The minimum atomic E-state index is -0.289. The van der Waals surface area contributed by atoms with E-state index in [2.05, 4.69) is 33.8 Å². The number of rotatable bonds is 4. The van der Waals surface area contributed by atoms with Crippen molar-refractivity contribution in [1.29, 1.82) is 0 Å². The molecule has 3 rings (SSSR count). The lowest BCUT2D eigenvalue weighted by Crippen LogP contribution is -2.43. The Hall–Kier alpha value is -2.73. The molecule has 1 heterocycles. The molecule has 1 aliphatic heterocycles. The third kappa shape index (κ3) is 4.26. The molecule has 2 aromatic rings. The molecule has 0 atom stereocenters.